The van der Waals surface area contributed by atoms with Crippen LogP contribution in [0, 0.1) is 18.3 Å². The lowest BCUT2D eigenvalue weighted by Crippen LogP contribution is -2.18. The highest BCUT2D eigenvalue weighted by atomic mass is 32.2. The largest absolute Gasteiger partial charge is 0.325 e. The molecule has 122 valence electrons. The van der Waals surface area contributed by atoms with Crippen molar-refractivity contribution in [3.05, 3.63) is 59.7 Å². The van der Waals surface area contributed by atoms with Gasteiger partial charge in [-0.15, -0.1) is 11.8 Å². The van der Waals surface area contributed by atoms with Gasteiger partial charge < -0.3 is 10.6 Å². The first-order valence-electron chi connectivity index (χ1n) is 7.31. The average Bonchev–Trinajstić information content (AvgIpc) is 2.55. The maximum Gasteiger partial charge on any atom is 0.234 e. The molecular weight excluding hydrogens is 322 g/mol. The van der Waals surface area contributed by atoms with E-state index in [-0.39, 0.29) is 23.3 Å². The van der Waals surface area contributed by atoms with Crippen molar-refractivity contribution < 1.29 is 9.59 Å². The Balaban J connectivity index is 1.71. The van der Waals surface area contributed by atoms with Crippen LogP contribution in [0.3, 0.4) is 0 Å². The van der Waals surface area contributed by atoms with Crippen LogP contribution in [0.2, 0.25) is 0 Å². The van der Waals surface area contributed by atoms with Crippen molar-refractivity contribution in [1.82, 2.24) is 0 Å². The summed E-state index contributed by atoms with van der Waals surface area (Å²) in [5.41, 5.74) is 2.99. The number of carbonyl (C=O) groups is 2. The van der Waals surface area contributed by atoms with Gasteiger partial charge in [-0.3, -0.25) is 9.59 Å². The van der Waals surface area contributed by atoms with Crippen LogP contribution in [0.25, 0.3) is 0 Å². The Morgan fingerprint density at radius 1 is 1.00 bits per heavy atom. The number of carbonyl (C=O) groups excluding carboxylic acids is 2. The number of rotatable bonds is 6. The Labute approximate surface area is 145 Å². The van der Waals surface area contributed by atoms with E-state index >= 15 is 0 Å². The zero-order valence-electron chi connectivity index (χ0n) is 13.2. The van der Waals surface area contributed by atoms with Crippen LogP contribution in [0.15, 0.2) is 48.5 Å². The number of aryl methyl sites for hydroxylation is 1. The molecule has 0 saturated carbocycles. The summed E-state index contributed by atoms with van der Waals surface area (Å²) >= 11 is 1.24. The molecule has 0 unspecified atom stereocenters. The van der Waals surface area contributed by atoms with Gasteiger partial charge in [-0.25, -0.2) is 0 Å². The molecule has 0 atom stereocenters. The average molecular weight is 339 g/mol. The molecular formula is C18H17N3O2S. The number of nitrogens with zero attached hydrogens (tertiary/aromatic N) is 1. The summed E-state index contributed by atoms with van der Waals surface area (Å²) in [7, 11) is 0. The van der Waals surface area contributed by atoms with Gasteiger partial charge in [0.05, 0.1) is 23.1 Å². The molecule has 0 bridgehead atoms. The predicted octanol–water partition coefficient (Wildman–Crippen LogP) is 3.18. The summed E-state index contributed by atoms with van der Waals surface area (Å²) in [4.78, 5) is 23.7. The molecule has 0 spiro atoms. The minimum atomic E-state index is -0.187. The number of thioether (sulfide) groups is 1. The van der Waals surface area contributed by atoms with E-state index in [1.54, 1.807) is 24.3 Å². The normalized spacial score (nSPS) is 9.83. The summed E-state index contributed by atoms with van der Waals surface area (Å²) < 4.78 is 0. The molecule has 6 heteroatoms. The number of nitrogens with one attached hydrogen (secondary N) is 2. The molecule has 2 aromatic rings. The zero-order chi connectivity index (χ0) is 17.4. The Bertz CT molecular complexity index is 767. The lowest BCUT2D eigenvalue weighted by atomic mass is 10.2. The van der Waals surface area contributed by atoms with E-state index in [1.807, 2.05) is 37.3 Å². The Hall–Kier alpha value is -2.78. The molecule has 0 aliphatic rings. The van der Waals surface area contributed by atoms with Crippen LogP contribution in [-0.4, -0.2) is 23.3 Å². The minimum absolute atomic E-state index is 0.142. The summed E-state index contributed by atoms with van der Waals surface area (Å²) in [5, 5.41) is 14.2. The maximum atomic E-state index is 11.8. The summed E-state index contributed by atoms with van der Waals surface area (Å²) in [6, 6.07) is 16.2. The molecule has 0 radical (unpaired) electrons. The molecule has 0 aliphatic carbocycles. The highest BCUT2D eigenvalue weighted by Crippen LogP contribution is 2.12. The first-order valence-corrected chi connectivity index (χ1v) is 8.46. The highest BCUT2D eigenvalue weighted by Gasteiger charge is 2.07. The van der Waals surface area contributed by atoms with Gasteiger partial charge >= 0.3 is 0 Å². The first kappa shape index (κ1) is 17.6. The number of nitriles is 1. The lowest BCUT2D eigenvalue weighted by Gasteiger charge is -2.07. The van der Waals surface area contributed by atoms with E-state index in [2.05, 4.69) is 10.6 Å². The molecule has 0 heterocycles. The van der Waals surface area contributed by atoms with Crippen LogP contribution >= 0.6 is 11.8 Å². The van der Waals surface area contributed by atoms with Crippen molar-refractivity contribution in [1.29, 1.82) is 5.26 Å². The van der Waals surface area contributed by atoms with Crippen molar-refractivity contribution in [3.63, 3.8) is 0 Å². The van der Waals surface area contributed by atoms with E-state index < -0.39 is 0 Å². The summed E-state index contributed by atoms with van der Waals surface area (Å²) in [6.07, 6.45) is 0. The van der Waals surface area contributed by atoms with Crippen LogP contribution in [-0.2, 0) is 9.59 Å². The van der Waals surface area contributed by atoms with Gasteiger partial charge in [0, 0.05) is 11.4 Å². The van der Waals surface area contributed by atoms with E-state index in [0.717, 1.165) is 11.3 Å². The second-order valence-corrected chi connectivity index (χ2v) is 6.13. The molecule has 2 N–H and O–H groups in total. The molecule has 5 nitrogen and oxygen atoms in total. The summed E-state index contributed by atoms with van der Waals surface area (Å²) in [6.45, 7) is 1.96. The monoisotopic (exact) mass is 339 g/mol. The number of anilines is 2. The van der Waals surface area contributed by atoms with Gasteiger partial charge in [0.2, 0.25) is 11.8 Å². The number of hydrogen-bond donors (Lipinski definition) is 2. The number of benzene rings is 2. The van der Waals surface area contributed by atoms with Crippen LogP contribution in [0.1, 0.15) is 11.1 Å². The minimum Gasteiger partial charge on any atom is -0.325 e. The van der Waals surface area contributed by atoms with Gasteiger partial charge in [-0.2, -0.15) is 5.26 Å². The highest BCUT2D eigenvalue weighted by molar-refractivity contribution is 8.00. The fraction of sp³-hybridized carbons (Fsp3) is 0.167. The van der Waals surface area contributed by atoms with Crippen LogP contribution < -0.4 is 10.6 Å². The third kappa shape index (κ3) is 5.78. The van der Waals surface area contributed by atoms with Gasteiger partial charge in [-0.05, 0) is 48.9 Å². The second kappa shape index (κ2) is 8.75. The molecule has 2 rings (SSSR count). The van der Waals surface area contributed by atoms with Gasteiger partial charge in [0.15, 0.2) is 0 Å². The van der Waals surface area contributed by atoms with Crippen molar-refractivity contribution in [3.8, 4) is 6.07 Å². The van der Waals surface area contributed by atoms with Crippen molar-refractivity contribution in [2.24, 2.45) is 0 Å². The van der Waals surface area contributed by atoms with E-state index in [4.69, 9.17) is 5.26 Å². The zero-order valence-corrected chi connectivity index (χ0v) is 14.0. The topological polar surface area (TPSA) is 82.0 Å². The third-order valence-corrected chi connectivity index (χ3v) is 4.00. The molecule has 24 heavy (non-hydrogen) atoms. The second-order valence-electron chi connectivity index (χ2n) is 5.15. The Morgan fingerprint density at radius 3 is 2.21 bits per heavy atom. The Morgan fingerprint density at radius 2 is 1.62 bits per heavy atom. The van der Waals surface area contributed by atoms with Gasteiger partial charge in [-0.1, -0.05) is 12.1 Å². The van der Waals surface area contributed by atoms with E-state index in [9.17, 15) is 9.59 Å². The van der Waals surface area contributed by atoms with Gasteiger partial charge in [0.25, 0.3) is 0 Å². The Kier molecular flexibility index (Phi) is 6.41. The lowest BCUT2D eigenvalue weighted by molar-refractivity contribution is -0.114. The number of hydrogen-bond acceptors (Lipinski definition) is 4. The van der Waals surface area contributed by atoms with E-state index in [0.29, 0.717) is 11.3 Å². The fourth-order valence-corrected chi connectivity index (χ4v) is 2.60. The molecule has 2 aromatic carbocycles. The first-order chi connectivity index (χ1) is 11.6. The molecule has 0 aliphatic heterocycles. The third-order valence-electron chi connectivity index (χ3n) is 3.07. The predicted molar refractivity (Wildman–Crippen MR) is 96.9 cm³/mol. The summed E-state index contributed by atoms with van der Waals surface area (Å²) in [5.74, 6) is 0.0560. The number of amides is 2. The molecule has 0 fully saturated rings. The molecule has 0 saturated heterocycles. The van der Waals surface area contributed by atoms with E-state index in [1.165, 1.54) is 11.8 Å². The van der Waals surface area contributed by atoms with Crippen LogP contribution in [0.5, 0.6) is 0 Å². The van der Waals surface area contributed by atoms with Crippen molar-refractivity contribution in [2.45, 2.75) is 6.92 Å². The molecule has 2 amide bonds. The van der Waals surface area contributed by atoms with Gasteiger partial charge in [0.1, 0.15) is 0 Å². The van der Waals surface area contributed by atoms with Crippen molar-refractivity contribution in [2.75, 3.05) is 22.1 Å². The molecule has 0 aromatic heterocycles. The van der Waals surface area contributed by atoms with Crippen LogP contribution in [0.4, 0.5) is 11.4 Å². The smallest absolute Gasteiger partial charge is 0.234 e. The maximum absolute atomic E-state index is 11.8. The fourth-order valence-electron chi connectivity index (χ4n) is 1.98. The standard InChI is InChI=1S/C18H17N3O2S/c1-13-3-2-4-16(9-13)21-18(23)12-24-11-17(22)20-15-7-5-14(10-19)6-8-15/h2-9H,11-12H2,1H3,(H,20,22)(H,21,23). The SMILES string of the molecule is Cc1cccc(NC(=O)CSCC(=O)Nc2ccc(C#N)cc2)c1. The van der Waals surface area contributed by atoms with Crippen molar-refractivity contribution >= 4 is 35.0 Å². The quantitative estimate of drug-likeness (QED) is 0.847.